The summed E-state index contributed by atoms with van der Waals surface area (Å²) < 4.78 is 24.1. The van der Waals surface area contributed by atoms with Crippen molar-refractivity contribution in [1.82, 2.24) is 0 Å². The molecule has 0 aliphatic carbocycles. The molecule has 0 rings (SSSR count). The van der Waals surface area contributed by atoms with E-state index in [0.717, 1.165) is 6.42 Å². The molecule has 0 amide bonds. The monoisotopic (exact) mass is 250 g/mol. The van der Waals surface area contributed by atoms with E-state index in [4.69, 9.17) is 9.29 Å². The summed E-state index contributed by atoms with van der Waals surface area (Å²) in [7, 11) is 0. The zero-order chi connectivity index (χ0) is 12.6. The normalized spacial score (nSPS) is 16.5. The Labute approximate surface area is 100 Å². The average Bonchev–Trinajstić information content (AvgIpc) is 2.22. The fourth-order valence-corrected chi connectivity index (χ4v) is 1.66. The van der Waals surface area contributed by atoms with E-state index in [1.54, 1.807) is 0 Å². The lowest BCUT2D eigenvalue weighted by atomic mass is 10.0. The zero-order valence-electron chi connectivity index (χ0n) is 10.3. The van der Waals surface area contributed by atoms with Gasteiger partial charge in [0.05, 0.1) is 0 Å². The molecule has 0 aliphatic rings. The molecule has 0 aromatic carbocycles. The summed E-state index contributed by atoms with van der Waals surface area (Å²) in [5, 5.41) is 0. The molecular weight excluding hydrogens is 228 g/mol. The van der Waals surface area contributed by atoms with Gasteiger partial charge in [-0.2, -0.15) is 0 Å². The van der Waals surface area contributed by atoms with E-state index < -0.39 is 11.1 Å². The molecule has 3 atom stereocenters. The van der Waals surface area contributed by atoms with Crippen molar-refractivity contribution in [2.24, 2.45) is 5.92 Å². The summed E-state index contributed by atoms with van der Waals surface area (Å²) in [5.41, 5.74) is 0. The van der Waals surface area contributed by atoms with Gasteiger partial charge < -0.3 is 9.29 Å². The van der Waals surface area contributed by atoms with Crippen LogP contribution in [0.2, 0.25) is 0 Å². The number of carbonyl (C=O) groups excluding carboxylic acids is 1. The summed E-state index contributed by atoms with van der Waals surface area (Å²) in [4.78, 5) is 11.4. The predicted octanol–water partition coefficient (Wildman–Crippen LogP) is 2.36. The summed E-state index contributed by atoms with van der Waals surface area (Å²) in [6.45, 7) is 6.01. The molecule has 0 fully saturated rings. The fourth-order valence-electron chi connectivity index (χ4n) is 1.21. The molecule has 1 N–H and O–H groups in total. The van der Waals surface area contributed by atoms with Crippen LogP contribution in [0.25, 0.3) is 0 Å². The minimum absolute atomic E-state index is 0.0514. The third-order valence-corrected chi connectivity index (χ3v) is 3.35. The lowest BCUT2D eigenvalue weighted by Gasteiger charge is -2.18. The van der Waals surface area contributed by atoms with Crippen molar-refractivity contribution in [3.05, 3.63) is 0 Å². The molecule has 0 aromatic rings. The van der Waals surface area contributed by atoms with Crippen LogP contribution >= 0.6 is 0 Å². The average molecular weight is 250 g/mol. The van der Waals surface area contributed by atoms with Crippen LogP contribution in [0.3, 0.4) is 0 Å². The van der Waals surface area contributed by atoms with E-state index in [0.29, 0.717) is 25.2 Å². The Hall–Kier alpha value is -0.420. The van der Waals surface area contributed by atoms with Crippen LogP contribution in [-0.4, -0.2) is 26.6 Å². The summed E-state index contributed by atoms with van der Waals surface area (Å²) in [6.07, 6.45) is 2.45. The van der Waals surface area contributed by atoms with Crippen LogP contribution in [0.15, 0.2) is 0 Å². The minimum atomic E-state index is -1.75. The first-order valence-corrected chi connectivity index (χ1v) is 7.01. The molecule has 4 nitrogen and oxygen atoms in total. The Bertz CT molecular complexity index is 230. The number of hydrogen-bond acceptors (Lipinski definition) is 3. The van der Waals surface area contributed by atoms with Crippen LogP contribution in [-0.2, 0) is 20.6 Å². The molecule has 0 saturated heterocycles. The van der Waals surface area contributed by atoms with E-state index in [1.807, 2.05) is 13.8 Å². The first-order chi connectivity index (χ1) is 7.47. The van der Waals surface area contributed by atoms with E-state index in [-0.39, 0.29) is 17.8 Å². The van der Waals surface area contributed by atoms with Gasteiger partial charge in [-0.05, 0) is 25.7 Å². The number of hydrogen-bond donors (Lipinski definition) is 1. The molecule has 0 saturated carbocycles. The second kappa shape index (κ2) is 8.70. The topological polar surface area (TPSA) is 63.6 Å². The van der Waals surface area contributed by atoms with Gasteiger partial charge >= 0.3 is 5.97 Å². The second-order valence-electron chi connectivity index (χ2n) is 4.06. The molecule has 0 heterocycles. The van der Waals surface area contributed by atoms with Gasteiger partial charge in [0.2, 0.25) is 0 Å². The SMILES string of the molecule is CCC(C)C(C)OC(=O)CCCCS(=O)O. The lowest BCUT2D eigenvalue weighted by Crippen LogP contribution is -2.21. The van der Waals surface area contributed by atoms with Crippen molar-refractivity contribution in [3.63, 3.8) is 0 Å². The van der Waals surface area contributed by atoms with Crippen LogP contribution in [0.4, 0.5) is 0 Å². The summed E-state index contributed by atoms with van der Waals surface area (Å²) in [6, 6.07) is 0. The zero-order valence-corrected chi connectivity index (χ0v) is 11.1. The summed E-state index contributed by atoms with van der Waals surface area (Å²) >= 11 is -1.75. The van der Waals surface area contributed by atoms with E-state index >= 15 is 0 Å². The Balaban J connectivity index is 3.62. The van der Waals surface area contributed by atoms with Gasteiger partial charge in [-0.15, -0.1) is 0 Å². The van der Waals surface area contributed by atoms with Gasteiger partial charge in [0.25, 0.3) is 0 Å². The van der Waals surface area contributed by atoms with E-state index in [2.05, 4.69) is 6.92 Å². The highest BCUT2D eigenvalue weighted by atomic mass is 32.2. The van der Waals surface area contributed by atoms with Crippen LogP contribution in [0, 0.1) is 5.92 Å². The predicted molar refractivity (Wildman–Crippen MR) is 64.5 cm³/mol. The van der Waals surface area contributed by atoms with Crippen LogP contribution in [0.5, 0.6) is 0 Å². The number of esters is 1. The molecule has 0 radical (unpaired) electrons. The first kappa shape index (κ1) is 15.6. The smallest absolute Gasteiger partial charge is 0.306 e. The van der Waals surface area contributed by atoms with Gasteiger partial charge in [0.15, 0.2) is 11.1 Å². The van der Waals surface area contributed by atoms with Crippen molar-refractivity contribution < 1.29 is 18.3 Å². The van der Waals surface area contributed by atoms with E-state index in [1.165, 1.54) is 0 Å². The minimum Gasteiger partial charge on any atom is -0.462 e. The molecule has 16 heavy (non-hydrogen) atoms. The molecule has 0 spiro atoms. The summed E-state index contributed by atoms with van der Waals surface area (Å²) in [5.74, 6) is 0.388. The Morgan fingerprint density at radius 1 is 1.38 bits per heavy atom. The van der Waals surface area contributed by atoms with Crippen molar-refractivity contribution in [2.75, 3.05) is 5.75 Å². The molecular formula is C11H22O4S. The van der Waals surface area contributed by atoms with Crippen LogP contribution < -0.4 is 0 Å². The molecule has 3 unspecified atom stereocenters. The molecule has 5 heteroatoms. The maximum Gasteiger partial charge on any atom is 0.306 e. The van der Waals surface area contributed by atoms with Gasteiger partial charge in [0, 0.05) is 12.2 Å². The molecule has 0 aliphatic heterocycles. The molecule has 0 bridgehead atoms. The molecule has 96 valence electrons. The van der Waals surface area contributed by atoms with Crippen molar-refractivity contribution in [3.8, 4) is 0 Å². The van der Waals surface area contributed by atoms with Crippen molar-refractivity contribution >= 4 is 17.0 Å². The number of carbonyl (C=O) groups is 1. The van der Waals surface area contributed by atoms with E-state index in [9.17, 15) is 9.00 Å². The third-order valence-electron chi connectivity index (χ3n) is 2.71. The van der Waals surface area contributed by atoms with Gasteiger partial charge in [-0.25, -0.2) is 4.21 Å². The first-order valence-electron chi connectivity index (χ1n) is 5.74. The number of ether oxygens (including phenoxy) is 1. The highest BCUT2D eigenvalue weighted by Gasteiger charge is 2.14. The Morgan fingerprint density at radius 2 is 2.00 bits per heavy atom. The Kier molecular flexibility index (Phi) is 8.47. The maximum absolute atomic E-state index is 11.4. The molecule has 0 aromatic heterocycles. The van der Waals surface area contributed by atoms with Gasteiger partial charge in [0.1, 0.15) is 6.10 Å². The van der Waals surface area contributed by atoms with Crippen molar-refractivity contribution in [2.45, 2.75) is 52.6 Å². The quantitative estimate of drug-likeness (QED) is 0.408. The van der Waals surface area contributed by atoms with Crippen molar-refractivity contribution in [1.29, 1.82) is 0 Å². The second-order valence-corrected chi connectivity index (χ2v) is 5.11. The highest BCUT2D eigenvalue weighted by molar-refractivity contribution is 7.79. The highest BCUT2D eigenvalue weighted by Crippen LogP contribution is 2.12. The van der Waals surface area contributed by atoms with Gasteiger partial charge in [-0.1, -0.05) is 20.3 Å². The van der Waals surface area contributed by atoms with Gasteiger partial charge in [-0.3, -0.25) is 4.79 Å². The number of rotatable bonds is 8. The number of unbranched alkanes of at least 4 members (excludes halogenated alkanes) is 1. The third kappa shape index (κ3) is 7.82. The standard InChI is InChI=1S/C11H22O4S/c1-4-9(2)10(3)15-11(12)7-5-6-8-16(13)14/h9-10H,4-8H2,1-3H3,(H,13,14). The lowest BCUT2D eigenvalue weighted by molar-refractivity contribution is -0.150. The fraction of sp³-hybridized carbons (Fsp3) is 0.909. The maximum atomic E-state index is 11.4. The van der Waals surface area contributed by atoms with Crippen LogP contribution in [0.1, 0.15) is 46.5 Å². The largest absolute Gasteiger partial charge is 0.462 e. The Morgan fingerprint density at radius 3 is 2.50 bits per heavy atom.